The Balaban J connectivity index is 4.07. The maximum atomic E-state index is 10.7. The largest absolute Gasteiger partial charge is 0.481 e. The first-order chi connectivity index (χ1) is 6.47. The minimum atomic E-state index is -0.729. The van der Waals surface area contributed by atoms with Crippen molar-refractivity contribution in [2.24, 2.45) is 5.92 Å². The van der Waals surface area contributed by atoms with Crippen molar-refractivity contribution >= 4 is 5.97 Å². The van der Waals surface area contributed by atoms with Crippen molar-refractivity contribution in [3.63, 3.8) is 0 Å². The molecule has 0 spiro atoms. The molecule has 0 aromatic heterocycles. The first-order valence-electron chi connectivity index (χ1n) is 5.06. The quantitative estimate of drug-likeness (QED) is 0.637. The topological polar surface area (TPSA) is 40.5 Å². The fourth-order valence-electron chi connectivity index (χ4n) is 1.40. The van der Waals surface area contributed by atoms with E-state index in [-0.39, 0.29) is 5.92 Å². The minimum Gasteiger partial charge on any atom is -0.481 e. The summed E-state index contributed by atoms with van der Waals surface area (Å²) in [5.41, 5.74) is 1.08. The maximum Gasteiger partial charge on any atom is 0.307 e. The molecule has 14 heavy (non-hydrogen) atoms. The Labute approximate surface area is 86.4 Å². The number of hydrogen-bond acceptors (Lipinski definition) is 2. The monoisotopic (exact) mass is 199 g/mol. The van der Waals surface area contributed by atoms with Crippen molar-refractivity contribution in [3.8, 4) is 0 Å². The molecule has 0 bridgehead atoms. The van der Waals surface area contributed by atoms with E-state index in [9.17, 15) is 4.79 Å². The van der Waals surface area contributed by atoms with E-state index in [1.54, 1.807) is 6.92 Å². The van der Waals surface area contributed by atoms with Gasteiger partial charge in [0.1, 0.15) is 0 Å². The van der Waals surface area contributed by atoms with Gasteiger partial charge in [0.2, 0.25) is 0 Å². The number of rotatable bonds is 7. The van der Waals surface area contributed by atoms with Gasteiger partial charge in [-0.2, -0.15) is 0 Å². The predicted molar refractivity (Wildman–Crippen MR) is 58.3 cm³/mol. The van der Waals surface area contributed by atoms with Crippen LogP contribution < -0.4 is 0 Å². The third-order valence-corrected chi connectivity index (χ3v) is 1.99. The van der Waals surface area contributed by atoms with Crippen LogP contribution in [0.25, 0.3) is 0 Å². The Hall–Kier alpha value is -0.830. The van der Waals surface area contributed by atoms with Crippen molar-refractivity contribution in [2.45, 2.75) is 27.2 Å². The summed E-state index contributed by atoms with van der Waals surface area (Å²) in [6, 6.07) is 0. The molecule has 0 fully saturated rings. The second-order valence-corrected chi connectivity index (χ2v) is 3.93. The summed E-state index contributed by atoms with van der Waals surface area (Å²) >= 11 is 0. The Morgan fingerprint density at radius 2 is 2.14 bits per heavy atom. The van der Waals surface area contributed by atoms with Gasteiger partial charge in [0.05, 0.1) is 5.92 Å². The van der Waals surface area contributed by atoms with Gasteiger partial charge in [0, 0.05) is 13.1 Å². The van der Waals surface area contributed by atoms with Gasteiger partial charge in [-0.3, -0.25) is 9.69 Å². The Morgan fingerprint density at radius 1 is 1.57 bits per heavy atom. The Bertz CT molecular complexity index is 201. The molecule has 82 valence electrons. The average Bonchev–Trinajstić information content (AvgIpc) is 2.02. The second-order valence-electron chi connectivity index (χ2n) is 3.93. The Morgan fingerprint density at radius 3 is 2.50 bits per heavy atom. The molecule has 1 N–H and O–H groups in total. The van der Waals surface area contributed by atoms with Crippen molar-refractivity contribution in [3.05, 3.63) is 12.2 Å². The van der Waals surface area contributed by atoms with Gasteiger partial charge in [-0.05, 0) is 19.9 Å². The van der Waals surface area contributed by atoms with Gasteiger partial charge < -0.3 is 5.11 Å². The van der Waals surface area contributed by atoms with Gasteiger partial charge in [0.25, 0.3) is 0 Å². The summed E-state index contributed by atoms with van der Waals surface area (Å²) in [5.74, 6) is -1.03. The van der Waals surface area contributed by atoms with Gasteiger partial charge in [-0.15, -0.1) is 0 Å². The highest BCUT2D eigenvalue weighted by Crippen LogP contribution is 2.04. The van der Waals surface area contributed by atoms with Crippen LogP contribution in [-0.4, -0.2) is 35.6 Å². The van der Waals surface area contributed by atoms with Crippen molar-refractivity contribution in [1.82, 2.24) is 4.90 Å². The molecule has 0 aromatic rings. The van der Waals surface area contributed by atoms with E-state index in [1.807, 2.05) is 6.92 Å². The SMILES string of the molecule is C=C(C)CN(CCC)CC(C)C(=O)O. The van der Waals surface area contributed by atoms with E-state index in [4.69, 9.17) is 5.11 Å². The molecule has 0 rings (SSSR count). The highest BCUT2D eigenvalue weighted by atomic mass is 16.4. The summed E-state index contributed by atoms with van der Waals surface area (Å²) in [6.45, 7) is 12.0. The molecule has 0 aromatic carbocycles. The lowest BCUT2D eigenvalue weighted by molar-refractivity contribution is -0.141. The number of carboxylic acids is 1. The zero-order valence-electron chi connectivity index (χ0n) is 9.42. The molecule has 1 atom stereocenters. The zero-order chi connectivity index (χ0) is 11.1. The molecule has 3 nitrogen and oxygen atoms in total. The summed E-state index contributed by atoms with van der Waals surface area (Å²) in [4.78, 5) is 12.8. The van der Waals surface area contributed by atoms with E-state index in [0.717, 1.165) is 25.1 Å². The van der Waals surface area contributed by atoms with E-state index in [0.29, 0.717) is 6.54 Å². The van der Waals surface area contributed by atoms with Crippen molar-refractivity contribution < 1.29 is 9.90 Å². The lowest BCUT2D eigenvalue weighted by Gasteiger charge is -2.23. The fourth-order valence-corrected chi connectivity index (χ4v) is 1.40. The lowest BCUT2D eigenvalue weighted by atomic mass is 10.1. The highest BCUT2D eigenvalue weighted by Gasteiger charge is 2.15. The maximum absolute atomic E-state index is 10.7. The molecule has 0 amide bonds. The molecule has 0 aliphatic carbocycles. The standard InChI is InChI=1S/C11H21NO2/c1-5-6-12(7-9(2)3)8-10(4)11(13)14/h10H,2,5-8H2,1,3-4H3,(H,13,14). The smallest absolute Gasteiger partial charge is 0.307 e. The van der Waals surface area contributed by atoms with Crippen LogP contribution in [0.1, 0.15) is 27.2 Å². The molecule has 3 heteroatoms. The highest BCUT2D eigenvalue weighted by molar-refractivity contribution is 5.69. The predicted octanol–water partition coefficient (Wildman–Crippen LogP) is 2.00. The van der Waals surface area contributed by atoms with E-state index >= 15 is 0 Å². The summed E-state index contributed by atoms with van der Waals surface area (Å²) in [6.07, 6.45) is 1.04. The number of carboxylic acid groups (broad SMARTS) is 1. The molecule has 0 aliphatic heterocycles. The number of carbonyl (C=O) groups is 1. The zero-order valence-corrected chi connectivity index (χ0v) is 9.42. The first kappa shape index (κ1) is 13.2. The van der Waals surface area contributed by atoms with Crippen molar-refractivity contribution in [2.75, 3.05) is 19.6 Å². The Kier molecular flexibility index (Phi) is 6.21. The van der Waals surface area contributed by atoms with Gasteiger partial charge in [-0.25, -0.2) is 0 Å². The molecule has 1 unspecified atom stereocenters. The van der Waals surface area contributed by atoms with E-state index in [1.165, 1.54) is 0 Å². The number of aliphatic carboxylic acids is 1. The third-order valence-electron chi connectivity index (χ3n) is 1.99. The van der Waals surface area contributed by atoms with Gasteiger partial charge >= 0.3 is 5.97 Å². The van der Waals surface area contributed by atoms with E-state index in [2.05, 4.69) is 18.4 Å². The fraction of sp³-hybridized carbons (Fsp3) is 0.727. The molecule has 0 saturated heterocycles. The summed E-state index contributed by atoms with van der Waals surface area (Å²) in [7, 11) is 0. The molecular weight excluding hydrogens is 178 g/mol. The summed E-state index contributed by atoms with van der Waals surface area (Å²) < 4.78 is 0. The first-order valence-corrected chi connectivity index (χ1v) is 5.06. The van der Waals surface area contributed by atoms with Crippen LogP contribution in [0.5, 0.6) is 0 Å². The van der Waals surface area contributed by atoms with Crippen LogP contribution in [0.3, 0.4) is 0 Å². The van der Waals surface area contributed by atoms with E-state index < -0.39 is 5.97 Å². The normalized spacial score (nSPS) is 12.9. The van der Waals surface area contributed by atoms with Crippen LogP contribution in [0.4, 0.5) is 0 Å². The van der Waals surface area contributed by atoms with Crippen molar-refractivity contribution in [1.29, 1.82) is 0 Å². The molecule has 0 heterocycles. The van der Waals surface area contributed by atoms with Crippen LogP contribution >= 0.6 is 0 Å². The summed E-state index contributed by atoms with van der Waals surface area (Å²) in [5, 5.41) is 8.78. The molecule has 0 saturated carbocycles. The molecular formula is C11H21NO2. The number of nitrogens with zero attached hydrogens (tertiary/aromatic N) is 1. The van der Waals surface area contributed by atoms with Crippen LogP contribution in [0.15, 0.2) is 12.2 Å². The third kappa shape index (κ3) is 5.75. The molecule has 0 aliphatic rings. The minimum absolute atomic E-state index is 0.305. The van der Waals surface area contributed by atoms with Crippen LogP contribution in [-0.2, 0) is 4.79 Å². The number of hydrogen-bond donors (Lipinski definition) is 1. The molecule has 0 radical (unpaired) electrons. The second kappa shape index (κ2) is 6.60. The lowest BCUT2D eigenvalue weighted by Crippen LogP contribution is -2.33. The van der Waals surface area contributed by atoms with Crippen LogP contribution in [0, 0.1) is 5.92 Å². The van der Waals surface area contributed by atoms with Gasteiger partial charge in [-0.1, -0.05) is 26.0 Å². The van der Waals surface area contributed by atoms with Crippen LogP contribution in [0.2, 0.25) is 0 Å². The van der Waals surface area contributed by atoms with Gasteiger partial charge in [0.15, 0.2) is 0 Å². The average molecular weight is 199 g/mol.